The zero-order chi connectivity index (χ0) is 16.4. The van der Waals surface area contributed by atoms with Crippen molar-refractivity contribution in [3.8, 4) is 0 Å². The molecule has 0 bridgehead atoms. The van der Waals surface area contributed by atoms with Gasteiger partial charge in [-0.15, -0.1) is 4.72 Å². The molecule has 0 amide bonds. The smallest absolute Gasteiger partial charge is 0.353 e. The Balaban J connectivity index is 2.08. The molecule has 1 atom stereocenters. The fraction of sp³-hybridized carbons (Fsp3) is 0.667. The summed E-state index contributed by atoms with van der Waals surface area (Å²) in [5.74, 6) is -3.50. The highest BCUT2D eigenvalue weighted by atomic mass is 32.2. The second-order valence-corrected chi connectivity index (χ2v) is 7.25. The summed E-state index contributed by atoms with van der Waals surface area (Å²) >= 11 is 0. The molecule has 0 aliphatic carbocycles. The first-order valence-corrected chi connectivity index (χ1v) is 7.88. The zero-order valence-electron chi connectivity index (χ0n) is 12.8. The first-order chi connectivity index (χ1) is 9.98. The Hall–Kier alpha value is -1.49. The van der Waals surface area contributed by atoms with Gasteiger partial charge in [-0.25, -0.2) is 0 Å². The van der Waals surface area contributed by atoms with Crippen molar-refractivity contribution in [3.63, 3.8) is 0 Å². The van der Waals surface area contributed by atoms with Gasteiger partial charge in [0.05, 0.1) is 7.11 Å². The van der Waals surface area contributed by atoms with E-state index in [0.29, 0.717) is 0 Å². The van der Waals surface area contributed by atoms with Gasteiger partial charge in [0.25, 0.3) is 0 Å². The van der Waals surface area contributed by atoms with Crippen LogP contribution in [0.5, 0.6) is 0 Å². The van der Waals surface area contributed by atoms with E-state index in [2.05, 4.69) is 8.91 Å². The maximum absolute atomic E-state index is 11.8. The standard InChI is InChI=1S/C12H17NO8S/c1-10(2)18-7-6-17-12(13-22(14,15)16-5)9(8(7)19-10)20-11(3,4)21-12/h6,13H,1-5H3/t12-/m0/s1. The predicted octanol–water partition coefficient (Wildman–Crippen LogP) is 0.770. The lowest BCUT2D eigenvalue weighted by molar-refractivity contribution is -0.237. The van der Waals surface area contributed by atoms with E-state index in [1.165, 1.54) is 6.26 Å². The van der Waals surface area contributed by atoms with Gasteiger partial charge in [0.2, 0.25) is 28.9 Å². The van der Waals surface area contributed by atoms with Crippen LogP contribution >= 0.6 is 0 Å². The van der Waals surface area contributed by atoms with Crippen molar-refractivity contribution in [2.45, 2.75) is 45.2 Å². The number of hydrogen-bond donors (Lipinski definition) is 1. The molecule has 1 N–H and O–H groups in total. The van der Waals surface area contributed by atoms with Gasteiger partial charge in [0.15, 0.2) is 0 Å². The average Bonchev–Trinajstić information content (AvgIpc) is 2.80. The van der Waals surface area contributed by atoms with Gasteiger partial charge in [0.1, 0.15) is 6.26 Å². The SMILES string of the molecule is COS(=O)(=O)N[C@]12OC=C3OC(C)(C)OC3=C1OC(C)(C)O2. The first kappa shape index (κ1) is 15.4. The van der Waals surface area contributed by atoms with Crippen molar-refractivity contribution in [1.82, 2.24) is 4.72 Å². The Morgan fingerprint density at radius 1 is 1.09 bits per heavy atom. The molecular weight excluding hydrogens is 318 g/mol. The normalized spacial score (nSPS) is 31.2. The van der Waals surface area contributed by atoms with Crippen LogP contribution in [0.2, 0.25) is 0 Å². The van der Waals surface area contributed by atoms with Gasteiger partial charge >= 0.3 is 16.2 Å². The second-order valence-electron chi connectivity index (χ2n) is 5.81. The molecule has 0 unspecified atom stereocenters. The summed E-state index contributed by atoms with van der Waals surface area (Å²) in [4.78, 5) is 0. The van der Waals surface area contributed by atoms with Crippen LogP contribution in [0.25, 0.3) is 0 Å². The van der Waals surface area contributed by atoms with E-state index in [4.69, 9.17) is 23.7 Å². The topological polar surface area (TPSA) is 102 Å². The van der Waals surface area contributed by atoms with E-state index in [9.17, 15) is 8.42 Å². The maximum atomic E-state index is 11.8. The number of hydrogen-bond acceptors (Lipinski definition) is 8. The van der Waals surface area contributed by atoms with Crippen LogP contribution < -0.4 is 4.72 Å². The number of fused-ring (bicyclic) bond motifs is 2. The summed E-state index contributed by atoms with van der Waals surface area (Å²) in [6, 6.07) is 0. The van der Waals surface area contributed by atoms with E-state index >= 15 is 0 Å². The molecule has 9 nitrogen and oxygen atoms in total. The van der Waals surface area contributed by atoms with Gasteiger partial charge in [-0.3, -0.25) is 8.92 Å². The van der Waals surface area contributed by atoms with E-state index in [0.717, 1.165) is 7.11 Å². The summed E-state index contributed by atoms with van der Waals surface area (Å²) in [7, 11) is -3.12. The van der Waals surface area contributed by atoms with Crippen molar-refractivity contribution in [3.05, 3.63) is 23.5 Å². The lowest BCUT2D eigenvalue weighted by Crippen LogP contribution is -2.53. The third kappa shape index (κ3) is 2.41. The molecule has 0 radical (unpaired) electrons. The molecule has 3 rings (SSSR count). The van der Waals surface area contributed by atoms with Gasteiger partial charge in [-0.05, 0) is 0 Å². The minimum Gasteiger partial charge on any atom is -0.455 e. The Morgan fingerprint density at radius 3 is 2.41 bits per heavy atom. The molecule has 2 fully saturated rings. The summed E-state index contributed by atoms with van der Waals surface area (Å²) in [5.41, 5.74) is 0. The molecule has 3 heterocycles. The van der Waals surface area contributed by atoms with E-state index in [1.54, 1.807) is 27.7 Å². The van der Waals surface area contributed by atoms with Crippen LogP contribution in [0.1, 0.15) is 27.7 Å². The Bertz CT molecular complexity index is 677. The van der Waals surface area contributed by atoms with Crippen LogP contribution in [0, 0.1) is 0 Å². The molecule has 2 saturated heterocycles. The zero-order valence-corrected chi connectivity index (χ0v) is 13.6. The molecule has 0 aromatic heterocycles. The highest BCUT2D eigenvalue weighted by Gasteiger charge is 2.61. The molecule has 0 saturated carbocycles. The molecule has 124 valence electrons. The summed E-state index contributed by atoms with van der Waals surface area (Å²) in [5, 5.41) is 0. The fourth-order valence-electron chi connectivity index (χ4n) is 2.30. The third-order valence-corrected chi connectivity index (χ3v) is 3.94. The molecule has 10 heteroatoms. The molecule has 0 aromatic carbocycles. The van der Waals surface area contributed by atoms with Crippen LogP contribution in [0.4, 0.5) is 0 Å². The Labute approximate surface area is 128 Å². The summed E-state index contributed by atoms with van der Waals surface area (Å²) in [6.45, 7) is 6.60. The fourth-order valence-corrected chi connectivity index (χ4v) is 2.89. The van der Waals surface area contributed by atoms with Crippen molar-refractivity contribution in [1.29, 1.82) is 0 Å². The van der Waals surface area contributed by atoms with Gasteiger partial charge in [-0.1, -0.05) is 0 Å². The van der Waals surface area contributed by atoms with Crippen molar-refractivity contribution < 1.29 is 36.3 Å². The Kier molecular flexibility index (Phi) is 3.00. The minimum absolute atomic E-state index is 0.0150. The van der Waals surface area contributed by atoms with Crippen LogP contribution in [-0.4, -0.2) is 33.0 Å². The van der Waals surface area contributed by atoms with E-state index < -0.39 is 27.8 Å². The van der Waals surface area contributed by atoms with Crippen molar-refractivity contribution in [2.75, 3.05) is 7.11 Å². The molecule has 0 spiro atoms. The van der Waals surface area contributed by atoms with E-state index in [-0.39, 0.29) is 17.3 Å². The summed E-state index contributed by atoms with van der Waals surface area (Å²) < 4.78 is 58.0. The average molecular weight is 335 g/mol. The van der Waals surface area contributed by atoms with Gasteiger partial charge in [0, 0.05) is 27.7 Å². The summed E-state index contributed by atoms with van der Waals surface area (Å²) in [6.07, 6.45) is 1.20. The number of nitrogens with one attached hydrogen (secondary N) is 1. The molecule has 3 aliphatic rings. The van der Waals surface area contributed by atoms with Gasteiger partial charge in [-0.2, -0.15) is 8.42 Å². The monoisotopic (exact) mass is 335 g/mol. The van der Waals surface area contributed by atoms with Crippen molar-refractivity contribution in [2.24, 2.45) is 0 Å². The van der Waals surface area contributed by atoms with Gasteiger partial charge < -0.3 is 18.9 Å². The minimum atomic E-state index is -4.13. The molecule has 3 aliphatic heterocycles. The van der Waals surface area contributed by atoms with Crippen molar-refractivity contribution >= 4 is 10.3 Å². The first-order valence-electron chi connectivity index (χ1n) is 6.47. The quantitative estimate of drug-likeness (QED) is 0.807. The second kappa shape index (κ2) is 4.28. The van der Waals surface area contributed by atoms with Crippen LogP contribution in [-0.2, 0) is 38.2 Å². The molecule has 0 aromatic rings. The van der Waals surface area contributed by atoms with E-state index in [1.807, 2.05) is 0 Å². The van der Waals surface area contributed by atoms with Crippen LogP contribution in [0.15, 0.2) is 23.5 Å². The highest BCUT2D eigenvalue weighted by molar-refractivity contribution is 7.84. The maximum Gasteiger partial charge on any atom is 0.353 e. The van der Waals surface area contributed by atoms with Crippen LogP contribution in [0.3, 0.4) is 0 Å². The predicted molar refractivity (Wildman–Crippen MR) is 70.5 cm³/mol. The number of rotatable bonds is 3. The third-order valence-electron chi connectivity index (χ3n) is 2.98. The molecule has 22 heavy (non-hydrogen) atoms. The Morgan fingerprint density at radius 2 is 1.77 bits per heavy atom. The highest BCUT2D eigenvalue weighted by Crippen LogP contribution is 2.49. The number of ether oxygens (including phenoxy) is 5. The lowest BCUT2D eigenvalue weighted by Gasteiger charge is -2.29. The molecular formula is C12H17NO8S. The largest absolute Gasteiger partial charge is 0.455 e. The lowest BCUT2D eigenvalue weighted by atomic mass is 10.2.